The van der Waals surface area contributed by atoms with Crippen molar-refractivity contribution in [3.05, 3.63) is 29.1 Å². The summed E-state index contributed by atoms with van der Waals surface area (Å²) in [5.74, 6) is -0.960. The van der Waals surface area contributed by atoms with Gasteiger partial charge in [-0.1, -0.05) is 17.7 Å². The van der Waals surface area contributed by atoms with Crippen molar-refractivity contribution in [3.63, 3.8) is 0 Å². The van der Waals surface area contributed by atoms with Crippen LogP contribution in [0.1, 0.15) is 16.1 Å². The van der Waals surface area contributed by atoms with Gasteiger partial charge < -0.3 is 5.11 Å². The van der Waals surface area contributed by atoms with E-state index in [1.165, 1.54) is 11.7 Å². The second-order valence-corrected chi connectivity index (χ2v) is 2.74. The van der Waals surface area contributed by atoms with Gasteiger partial charge in [0, 0.05) is 5.54 Å². The molecule has 4 nitrogen and oxygen atoms in total. The van der Waals surface area contributed by atoms with E-state index in [9.17, 15) is 4.79 Å². The van der Waals surface area contributed by atoms with Gasteiger partial charge in [-0.3, -0.25) is 4.68 Å². The molecule has 0 aliphatic rings. The molecule has 0 fully saturated rings. The van der Waals surface area contributed by atoms with Crippen LogP contribution in [0, 0.1) is 6.92 Å². The van der Waals surface area contributed by atoms with Crippen LogP contribution in [0.5, 0.6) is 0 Å². The predicted molar refractivity (Wildman–Crippen MR) is 48.9 cm³/mol. The first-order valence-electron chi connectivity index (χ1n) is 3.67. The zero-order chi connectivity index (χ0) is 9.84. The molecule has 1 heterocycles. The minimum Gasteiger partial charge on any atom is -0.478 e. The standard InChI is InChI=1S/C8H9ClN2O2/c1-6-7(8(12)13)5-10-11(6)4-2-3-9/h2-3,5H,4H2,1H3,(H,12,13). The maximum atomic E-state index is 10.6. The summed E-state index contributed by atoms with van der Waals surface area (Å²) in [5, 5.41) is 12.6. The van der Waals surface area contributed by atoms with E-state index in [4.69, 9.17) is 16.7 Å². The average Bonchev–Trinajstić information content (AvgIpc) is 2.43. The van der Waals surface area contributed by atoms with Crippen molar-refractivity contribution >= 4 is 17.6 Å². The van der Waals surface area contributed by atoms with Crippen molar-refractivity contribution in [2.75, 3.05) is 0 Å². The minimum atomic E-state index is -0.960. The van der Waals surface area contributed by atoms with Crippen molar-refractivity contribution in [1.82, 2.24) is 9.78 Å². The van der Waals surface area contributed by atoms with Gasteiger partial charge in [0.15, 0.2) is 0 Å². The summed E-state index contributed by atoms with van der Waals surface area (Å²) in [5.41, 5.74) is 2.23. The van der Waals surface area contributed by atoms with E-state index in [0.29, 0.717) is 12.2 Å². The van der Waals surface area contributed by atoms with Crippen LogP contribution in [0.4, 0.5) is 0 Å². The zero-order valence-electron chi connectivity index (χ0n) is 7.07. The molecule has 0 aromatic carbocycles. The molecule has 0 atom stereocenters. The molecule has 5 heteroatoms. The molecule has 0 radical (unpaired) electrons. The molecule has 0 bridgehead atoms. The summed E-state index contributed by atoms with van der Waals surface area (Å²) in [7, 11) is 0. The fourth-order valence-corrected chi connectivity index (χ4v) is 1.06. The van der Waals surface area contributed by atoms with E-state index in [-0.39, 0.29) is 5.56 Å². The molecule has 70 valence electrons. The van der Waals surface area contributed by atoms with Crippen molar-refractivity contribution in [2.45, 2.75) is 13.5 Å². The number of halogens is 1. The Morgan fingerprint density at radius 2 is 2.54 bits per heavy atom. The Hall–Kier alpha value is -1.29. The Morgan fingerprint density at radius 3 is 3.00 bits per heavy atom. The Balaban J connectivity index is 2.92. The quantitative estimate of drug-likeness (QED) is 0.807. The summed E-state index contributed by atoms with van der Waals surface area (Å²) >= 11 is 5.34. The highest BCUT2D eigenvalue weighted by Gasteiger charge is 2.11. The smallest absolute Gasteiger partial charge is 0.339 e. The lowest BCUT2D eigenvalue weighted by Crippen LogP contribution is -2.03. The third-order valence-electron chi connectivity index (χ3n) is 1.70. The average molecular weight is 201 g/mol. The number of hydrogen-bond donors (Lipinski definition) is 1. The molecule has 0 unspecified atom stereocenters. The number of nitrogens with zero attached hydrogens (tertiary/aromatic N) is 2. The number of aromatic nitrogens is 2. The molecule has 0 spiro atoms. The normalized spacial score (nSPS) is 10.9. The van der Waals surface area contributed by atoms with Gasteiger partial charge in [-0.15, -0.1) is 0 Å². The number of carboxylic acids is 1. The van der Waals surface area contributed by atoms with Crippen LogP contribution in [0.25, 0.3) is 0 Å². The molecule has 0 saturated carbocycles. The van der Waals surface area contributed by atoms with Crippen LogP contribution < -0.4 is 0 Å². The highest BCUT2D eigenvalue weighted by molar-refractivity contribution is 6.25. The Bertz CT molecular complexity index is 344. The molecular weight excluding hydrogens is 192 g/mol. The molecule has 1 N–H and O–H groups in total. The first-order valence-corrected chi connectivity index (χ1v) is 4.11. The molecule has 13 heavy (non-hydrogen) atoms. The van der Waals surface area contributed by atoms with Crippen molar-refractivity contribution in [3.8, 4) is 0 Å². The second kappa shape index (κ2) is 4.09. The lowest BCUT2D eigenvalue weighted by molar-refractivity contribution is 0.0696. The van der Waals surface area contributed by atoms with E-state index >= 15 is 0 Å². The highest BCUT2D eigenvalue weighted by atomic mass is 35.5. The maximum absolute atomic E-state index is 10.6. The first kappa shape index (κ1) is 9.80. The van der Waals surface area contributed by atoms with E-state index < -0.39 is 5.97 Å². The fraction of sp³-hybridized carbons (Fsp3) is 0.250. The van der Waals surface area contributed by atoms with Gasteiger partial charge in [-0.2, -0.15) is 5.10 Å². The Kier molecular flexibility index (Phi) is 3.08. The van der Waals surface area contributed by atoms with E-state index in [1.54, 1.807) is 17.7 Å². The molecule has 0 aliphatic carbocycles. The van der Waals surface area contributed by atoms with Gasteiger partial charge in [-0.25, -0.2) is 4.79 Å². The van der Waals surface area contributed by atoms with Gasteiger partial charge in [0.05, 0.1) is 18.4 Å². The van der Waals surface area contributed by atoms with Crippen LogP contribution in [0.2, 0.25) is 0 Å². The van der Waals surface area contributed by atoms with Gasteiger partial charge in [0.1, 0.15) is 5.56 Å². The van der Waals surface area contributed by atoms with Crippen LogP contribution in [0.3, 0.4) is 0 Å². The SMILES string of the molecule is Cc1c(C(=O)O)cnn1CC=CCl. The van der Waals surface area contributed by atoms with E-state index in [2.05, 4.69) is 5.10 Å². The third kappa shape index (κ3) is 2.09. The minimum absolute atomic E-state index is 0.225. The van der Waals surface area contributed by atoms with Crippen LogP contribution >= 0.6 is 11.6 Å². The summed E-state index contributed by atoms with van der Waals surface area (Å²) in [4.78, 5) is 10.6. The molecular formula is C8H9ClN2O2. The maximum Gasteiger partial charge on any atom is 0.339 e. The van der Waals surface area contributed by atoms with Crippen molar-refractivity contribution < 1.29 is 9.90 Å². The van der Waals surface area contributed by atoms with E-state index in [0.717, 1.165) is 0 Å². The van der Waals surface area contributed by atoms with Crippen LogP contribution in [0.15, 0.2) is 17.8 Å². The van der Waals surface area contributed by atoms with Crippen LogP contribution in [-0.4, -0.2) is 20.9 Å². The number of allylic oxidation sites excluding steroid dienone is 1. The van der Waals surface area contributed by atoms with Crippen molar-refractivity contribution in [2.24, 2.45) is 0 Å². The lowest BCUT2D eigenvalue weighted by atomic mass is 10.3. The van der Waals surface area contributed by atoms with Gasteiger partial charge in [0.25, 0.3) is 0 Å². The largest absolute Gasteiger partial charge is 0.478 e. The topological polar surface area (TPSA) is 55.1 Å². The first-order chi connectivity index (χ1) is 6.16. The summed E-state index contributed by atoms with van der Waals surface area (Å²) < 4.78 is 1.57. The summed E-state index contributed by atoms with van der Waals surface area (Å²) in [6, 6.07) is 0. The van der Waals surface area contributed by atoms with Gasteiger partial charge in [-0.05, 0) is 6.92 Å². The number of carbonyl (C=O) groups is 1. The van der Waals surface area contributed by atoms with E-state index in [1.807, 2.05) is 0 Å². The molecule has 1 rings (SSSR count). The monoisotopic (exact) mass is 200 g/mol. The predicted octanol–water partition coefficient (Wildman–Crippen LogP) is 1.64. The third-order valence-corrected chi connectivity index (χ3v) is 1.88. The van der Waals surface area contributed by atoms with Gasteiger partial charge >= 0.3 is 5.97 Å². The lowest BCUT2D eigenvalue weighted by Gasteiger charge is -1.98. The highest BCUT2D eigenvalue weighted by Crippen LogP contribution is 2.06. The van der Waals surface area contributed by atoms with Crippen LogP contribution in [-0.2, 0) is 6.54 Å². The summed E-state index contributed by atoms with van der Waals surface area (Å²) in [6.07, 6.45) is 3.02. The van der Waals surface area contributed by atoms with Crippen molar-refractivity contribution in [1.29, 1.82) is 0 Å². The Morgan fingerprint density at radius 1 is 1.85 bits per heavy atom. The summed E-state index contributed by atoms with van der Waals surface area (Å²) in [6.45, 7) is 2.20. The number of hydrogen-bond acceptors (Lipinski definition) is 2. The Labute approximate surface area is 80.4 Å². The molecule has 1 aromatic rings. The molecule has 0 saturated heterocycles. The fourth-order valence-electron chi connectivity index (χ4n) is 0.980. The van der Waals surface area contributed by atoms with Gasteiger partial charge in [0.2, 0.25) is 0 Å². The number of carboxylic acid groups (broad SMARTS) is 1. The number of aromatic carboxylic acids is 1. The second-order valence-electron chi connectivity index (χ2n) is 2.49. The zero-order valence-corrected chi connectivity index (χ0v) is 7.82. The molecule has 0 amide bonds. The molecule has 1 aromatic heterocycles. The number of rotatable bonds is 3. The molecule has 0 aliphatic heterocycles.